The van der Waals surface area contributed by atoms with Crippen LogP contribution in [0.15, 0.2) is 48.5 Å². The molecule has 7 nitrogen and oxygen atoms in total. The number of likely N-dealkylation sites (tertiary alicyclic amines) is 2. The summed E-state index contributed by atoms with van der Waals surface area (Å²) in [6.07, 6.45) is -1.92. The molecule has 0 radical (unpaired) electrons. The van der Waals surface area contributed by atoms with Crippen molar-refractivity contribution in [3.05, 3.63) is 54.1 Å². The highest BCUT2D eigenvalue weighted by Gasteiger charge is 2.58. The van der Waals surface area contributed by atoms with Crippen molar-refractivity contribution in [2.75, 3.05) is 32.8 Å². The minimum absolute atomic E-state index is 0.0769. The molecule has 0 aromatic heterocycles. The summed E-state index contributed by atoms with van der Waals surface area (Å²) in [4.78, 5) is 27.8. The second kappa shape index (κ2) is 11.4. The maximum Gasteiger partial charge on any atom is 0.395 e. The summed E-state index contributed by atoms with van der Waals surface area (Å²) in [5.41, 5.74) is 6.16. The predicted molar refractivity (Wildman–Crippen MR) is 144 cm³/mol. The van der Waals surface area contributed by atoms with Crippen molar-refractivity contribution in [2.45, 2.75) is 56.8 Å². The van der Waals surface area contributed by atoms with E-state index >= 15 is 0 Å². The van der Waals surface area contributed by atoms with Crippen LogP contribution in [-0.2, 0) is 4.79 Å². The Bertz CT molecular complexity index is 1190. The Labute approximate surface area is 232 Å². The van der Waals surface area contributed by atoms with Gasteiger partial charge in [-0.25, -0.2) is 0 Å². The van der Waals surface area contributed by atoms with Crippen molar-refractivity contribution in [3.8, 4) is 16.9 Å². The molecule has 0 spiro atoms. The lowest BCUT2D eigenvalue weighted by molar-refractivity contribution is -0.256. The summed E-state index contributed by atoms with van der Waals surface area (Å²) >= 11 is 0. The summed E-state index contributed by atoms with van der Waals surface area (Å²) in [6.45, 7) is 2.07. The lowest BCUT2D eigenvalue weighted by Gasteiger charge is -2.47. The molecule has 1 aliphatic carbocycles. The number of carbonyl (C=O) groups excluding carboxylic acids is 2. The van der Waals surface area contributed by atoms with E-state index in [0.29, 0.717) is 37.6 Å². The van der Waals surface area contributed by atoms with E-state index in [1.54, 1.807) is 12.1 Å². The third-order valence-corrected chi connectivity index (χ3v) is 8.82. The number of β-amino-alcohol motifs (C(OH)–C–C–N with tert-alkyl or cyclic N) is 1. The van der Waals surface area contributed by atoms with Crippen molar-refractivity contribution >= 4 is 11.8 Å². The Morgan fingerprint density at radius 2 is 1.60 bits per heavy atom. The normalized spacial score (nSPS) is 23.6. The van der Waals surface area contributed by atoms with Crippen LogP contribution in [-0.4, -0.2) is 77.8 Å². The van der Waals surface area contributed by atoms with Gasteiger partial charge in [0.1, 0.15) is 11.8 Å². The van der Waals surface area contributed by atoms with Gasteiger partial charge in [0.25, 0.3) is 5.91 Å². The molecule has 2 aromatic rings. The summed E-state index contributed by atoms with van der Waals surface area (Å²) in [7, 11) is 0. The van der Waals surface area contributed by atoms with Gasteiger partial charge < -0.3 is 25.4 Å². The van der Waals surface area contributed by atoms with E-state index in [0.717, 1.165) is 29.7 Å². The molecule has 2 amide bonds. The fraction of sp³-hybridized carbons (Fsp3) is 0.533. The minimum Gasteiger partial charge on any atom is -0.493 e. The van der Waals surface area contributed by atoms with Crippen LogP contribution in [0.1, 0.15) is 48.9 Å². The van der Waals surface area contributed by atoms with Crippen molar-refractivity contribution in [1.82, 2.24) is 9.80 Å². The largest absolute Gasteiger partial charge is 0.493 e. The molecule has 2 aliphatic heterocycles. The van der Waals surface area contributed by atoms with Crippen molar-refractivity contribution < 1.29 is 32.6 Å². The highest BCUT2D eigenvalue weighted by atomic mass is 19.4. The number of rotatable bonds is 8. The first-order valence-electron chi connectivity index (χ1n) is 14.0. The van der Waals surface area contributed by atoms with Gasteiger partial charge in [-0.1, -0.05) is 30.7 Å². The van der Waals surface area contributed by atoms with E-state index in [1.165, 1.54) is 4.90 Å². The second-order valence-corrected chi connectivity index (χ2v) is 11.5. The quantitative estimate of drug-likeness (QED) is 0.505. The Balaban J connectivity index is 1.10. The van der Waals surface area contributed by atoms with Gasteiger partial charge >= 0.3 is 6.18 Å². The molecule has 10 heteroatoms. The maximum absolute atomic E-state index is 13.5. The molecule has 3 fully saturated rings. The number of aliphatic hydroxyl groups excluding tert-OH is 1. The number of primary amides is 1. The third kappa shape index (κ3) is 5.98. The minimum atomic E-state index is -4.12. The number of aliphatic hydroxyl groups is 1. The van der Waals surface area contributed by atoms with Gasteiger partial charge in [0, 0.05) is 25.1 Å². The number of hydrogen-bond acceptors (Lipinski definition) is 5. The highest BCUT2D eigenvalue weighted by Crippen LogP contribution is 2.53. The second-order valence-electron chi connectivity index (χ2n) is 11.5. The Morgan fingerprint density at radius 1 is 1.00 bits per heavy atom. The fourth-order valence-electron chi connectivity index (χ4n) is 6.11. The zero-order valence-electron chi connectivity index (χ0n) is 22.4. The number of benzene rings is 2. The number of halogens is 3. The number of ether oxygens (including phenoxy) is 1. The molecule has 40 heavy (non-hydrogen) atoms. The van der Waals surface area contributed by atoms with Crippen LogP contribution in [0.3, 0.4) is 0 Å². The number of piperidine rings is 1. The van der Waals surface area contributed by atoms with Gasteiger partial charge in [0.15, 0.2) is 0 Å². The number of alkyl halides is 3. The summed E-state index contributed by atoms with van der Waals surface area (Å²) in [5.74, 6) is 0.0742. The van der Waals surface area contributed by atoms with Crippen LogP contribution in [0.25, 0.3) is 11.1 Å². The average molecular weight is 560 g/mol. The summed E-state index contributed by atoms with van der Waals surface area (Å²) < 4.78 is 46.5. The molecule has 0 unspecified atom stereocenters. The van der Waals surface area contributed by atoms with Gasteiger partial charge in [-0.05, 0) is 80.1 Å². The van der Waals surface area contributed by atoms with Crippen LogP contribution in [0.4, 0.5) is 13.2 Å². The lowest BCUT2D eigenvalue weighted by Crippen LogP contribution is -2.53. The molecule has 3 aliphatic rings. The Hall–Kier alpha value is -3.11. The van der Waals surface area contributed by atoms with Gasteiger partial charge in [0.2, 0.25) is 5.91 Å². The van der Waals surface area contributed by atoms with E-state index in [4.69, 9.17) is 10.5 Å². The fourth-order valence-corrected chi connectivity index (χ4v) is 6.11. The molecular weight excluding hydrogens is 523 g/mol. The monoisotopic (exact) mass is 559 g/mol. The predicted octanol–water partition coefficient (Wildman–Crippen LogP) is 4.24. The van der Waals surface area contributed by atoms with E-state index in [1.807, 2.05) is 41.3 Å². The first-order valence-corrected chi connectivity index (χ1v) is 14.0. The molecule has 2 atom stereocenters. The molecule has 216 valence electrons. The summed E-state index contributed by atoms with van der Waals surface area (Å²) in [6, 6.07) is 13.9. The lowest BCUT2D eigenvalue weighted by atomic mass is 9.67. The van der Waals surface area contributed by atoms with Crippen LogP contribution in [0, 0.1) is 11.3 Å². The van der Waals surface area contributed by atoms with Gasteiger partial charge in [-0.15, -0.1) is 0 Å². The van der Waals surface area contributed by atoms with Crippen molar-refractivity contribution in [1.29, 1.82) is 0 Å². The topological polar surface area (TPSA) is 96.1 Å². The van der Waals surface area contributed by atoms with Crippen LogP contribution < -0.4 is 10.5 Å². The molecule has 5 rings (SSSR count). The third-order valence-electron chi connectivity index (χ3n) is 8.82. The van der Waals surface area contributed by atoms with Crippen LogP contribution >= 0.6 is 0 Å². The van der Waals surface area contributed by atoms with E-state index < -0.39 is 29.6 Å². The average Bonchev–Trinajstić information content (AvgIpc) is 3.31. The van der Waals surface area contributed by atoms with E-state index in [9.17, 15) is 27.9 Å². The van der Waals surface area contributed by atoms with Gasteiger partial charge in [-0.2, -0.15) is 13.2 Å². The first kappa shape index (κ1) is 28.4. The maximum atomic E-state index is 13.5. The number of carbonyl (C=O) groups is 2. The summed E-state index contributed by atoms with van der Waals surface area (Å²) in [5, 5.41) is 9.88. The van der Waals surface area contributed by atoms with E-state index in [2.05, 4.69) is 0 Å². The molecule has 2 saturated heterocycles. The zero-order valence-corrected chi connectivity index (χ0v) is 22.4. The first-order chi connectivity index (χ1) is 19.0. The number of hydrogen-bond donors (Lipinski definition) is 2. The SMILES string of the molecule is NC(=O)[C@@H]1C[C@@H](O)CN1C(=O)c1ccc(-c2ccc(OCC3CCN(CC4(C(F)(F)F)CCC4)CC3)cc2)cc1. The molecule has 2 heterocycles. The van der Waals surface area contributed by atoms with Crippen molar-refractivity contribution in [3.63, 3.8) is 0 Å². The van der Waals surface area contributed by atoms with Crippen LogP contribution in [0.2, 0.25) is 0 Å². The number of nitrogens with two attached hydrogens (primary N) is 1. The molecular formula is C30H36F3N3O4. The molecule has 1 saturated carbocycles. The van der Waals surface area contributed by atoms with Gasteiger partial charge in [-0.3, -0.25) is 9.59 Å². The molecule has 0 bridgehead atoms. The van der Waals surface area contributed by atoms with Crippen LogP contribution in [0.5, 0.6) is 5.75 Å². The number of amides is 2. The Morgan fingerprint density at radius 3 is 2.12 bits per heavy atom. The van der Waals surface area contributed by atoms with Gasteiger partial charge in [0.05, 0.1) is 18.1 Å². The molecule has 2 aromatic carbocycles. The smallest absolute Gasteiger partial charge is 0.395 e. The number of nitrogens with zero attached hydrogens (tertiary/aromatic N) is 2. The van der Waals surface area contributed by atoms with Crippen molar-refractivity contribution in [2.24, 2.45) is 17.1 Å². The Kier molecular flexibility index (Phi) is 8.10. The van der Waals surface area contributed by atoms with E-state index in [-0.39, 0.29) is 38.3 Å². The standard InChI is InChI=1S/C30H36F3N3O4/c31-30(32,33)29(12-1-13-29)19-35-14-10-20(11-15-35)18-40-25-8-6-22(7-9-25)21-2-4-23(5-3-21)28(39)36-17-24(37)16-26(36)27(34)38/h2-9,20,24,26,37H,1,10-19H2,(H2,34,38)/t24-,26+/m1/s1. The molecule has 3 N–H and O–H groups in total. The zero-order chi connectivity index (χ0) is 28.5. The highest BCUT2D eigenvalue weighted by molar-refractivity contribution is 5.98.